The number of nitrogens with zero attached hydrogens (tertiary/aromatic N) is 4. The lowest BCUT2D eigenvalue weighted by molar-refractivity contribution is 0.447. The third kappa shape index (κ3) is 3.65. The van der Waals surface area contributed by atoms with Crippen LogP contribution in [0.5, 0.6) is 0 Å². The van der Waals surface area contributed by atoms with Crippen LogP contribution in [-0.2, 0) is 0 Å². The van der Waals surface area contributed by atoms with Gasteiger partial charge in [0.25, 0.3) is 0 Å². The minimum absolute atomic E-state index is 0.215. The van der Waals surface area contributed by atoms with Crippen molar-refractivity contribution in [2.45, 2.75) is 19.8 Å². The van der Waals surface area contributed by atoms with Gasteiger partial charge in [-0.2, -0.15) is 15.6 Å². The molecule has 0 amide bonds. The molecule has 1 atom stereocenters. The summed E-state index contributed by atoms with van der Waals surface area (Å²) in [5.74, 6) is 0.611. The molecule has 1 fully saturated rings. The van der Waals surface area contributed by atoms with Gasteiger partial charge >= 0.3 is 0 Å². The topological polar surface area (TPSA) is 75.2 Å². The van der Waals surface area contributed by atoms with Crippen molar-refractivity contribution in [3.8, 4) is 12.1 Å². The first-order valence-electron chi connectivity index (χ1n) is 6.83. The van der Waals surface area contributed by atoms with Crippen LogP contribution in [0.4, 0.5) is 11.4 Å². The highest BCUT2D eigenvalue weighted by Crippen LogP contribution is 2.36. The van der Waals surface area contributed by atoms with Crippen molar-refractivity contribution in [3.63, 3.8) is 0 Å². The van der Waals surface area contributed by atoms with Crippen LogP contribution in [0.3, 0.4) is 0 Å². The zero-order valence-electron chi connectivity index (χ0n) is 11.8. The standard InChI is InChI=1S/C15H16ClN5/c1-11-4-3-7-21(10-11)15-13(16)5-2-6-14(15)20-19-12(8-17)9-18/h2,5-6,11,20H,3-4,7,10H2,1H3. The second kappa shape index (κ2) is 6.97. The molecular formula is C15H16ClN5. The number of anilines is 2. The van der Waals surface area contributed by atoms with Gasteiger partial charge in [-0.25, -0.2) is 0 Å². The smallest absolute Gasteiger partial charge is 0.237 e. The van der Waals surface area contributed by atoms with E-state index >= 15 is 0 Å². The number of hydrazone groups is 1. The Labute approximate surface area is 129 Å². The van der Waals surface area contributed by atoms with E-state index in [0.717, 1.165) is 25.2 Å². The lowest BCUT2D eigenvalue weighted by Gasteiger charge is -2.34. The molecule has 1 saturated heterocycles. The monoisotopic (exact) mass is 301 g/mol. The molecule has 1 unspecified atom stereocenters. The molecule has 1 aliphatic rings. The predicted molar refractivity (Wildman–Crippen MR) is 84.3 cm³/mol. The summed E-state index contributed by atoms with van der Waals surface area (Å²) in [6, 6.07) is 8.94. The van der Waals surface area contributed by atoms with Gasteiger partial charge in [0.05, 0.1) is 16.4 Å². The average Bonchev–Trinajstić information content (AvgIpc) is 2.48. The molecule has 108 valence electrons. The maximum Gasteiger partial charge on any atom is 0.237 e. The summed E-state index contributed by atoms with van der Waals surface area (Å²) >= 11 is 6.33. The maximum atomic E-state index is 8.73. The van der Waals surface area contributed by atoms with Gasteiger partial charge in [-0.3, -0.25) is 5.43 Å². The Morgan fingerprint density at radius 2 is 2.19 bits per heavy atom. The van der Waals surface area contributed by atoms with Gasteiger partial charge in [-0.05, 0) is 30.9 Å². The summed E-state index contributed by atoms with van der Waals surface area (Å²) in [7, 11) is 0. The summed E-state index contributed by atoms with van der Waals surface area (Å²) in [4.78, 5) is 2.23. The van der Waals surface area contributed by atoms with E-state index in [-0.39, 0.29) is 5.71 Å². The molecule has 5 nitrogen and oxygen atoms in total. The first kappa shape index (κ1) is 15.2. The van der Waals surface area contributed by atoms with Gasteiger partial charge in [-0.1, -0.05) is 24.6 Å². The van der Waals surface area contributed by atoms with Crippen LogP contribution >= 0.6 is 11.6 Å². The second-order valence-electron chi connectivity index (χ2n) is 5.13. The summed E-state index contributed by atoms with van der Waals surface area (Å²) in [5, 5.41) is 21.9. The van der Waals surface area contributed by atoms with Crippen molar-refractivity contribution in [2.75, 3.05) is 23.4 Å². The number of halogens is 1. The third-order valence-electron chi connectivity index (χ3n) is 3.46. The van der Waals surface area contributed by atoms with Crippen LogP contribution in [0.25, 0.3) is 0 Å². The molecule has 0 aliphatic carbocycles. The van der Waals surface area contributed by atoms with E-state index < -0.39 is 0 Å². The fraction of sp³-hybridized carbons (Fsp3) is 0.400. The Hall–Kier alpha value is -2.24. The minimum atomic E-state index is -0.215. The zero-order chi connectivity index (χ0) is 15.2. The first-order chi connectivity index (χ1) is 10.2. The highest BCUT2D eigenvalue weighted by Gasteiger charge is 2.21. The van der Waals surface area contributed by atoms with Crippen LogP contribution in [0.15, 0.2) is 23.3 Å². The molecule has 1 aromatic carbocycles. The highest BCUT2D eigenvalue weighted by atomic mass is 35.5. The molecule has 0 radical (unpaired) electrons. The lowest BCUT2D eigenvalue weighted by atomic mass is 9.99. The summed E-state index contributed by atoms with van der Waals surface area (Å²) in [6.45, 7) is 4.10. The van der Waals surface area contributed by atoms with Crippen molar-refractivity contribution < 1.29 is 0 Å². The molecule has 1 heterocycles. The molecule has 1 aliphatic heterocycles. The Morgan fingerprint density at radius 1 is 1.43 bits per heavy atom. The van der Waals surface area contributed by atoms with E-state index in [1.54, 1.807) is 12.1 Å². The van der Waals surface area contributed by atoms with Crippen LogP contribution < -0.4 is 10.3 Å². The van der Waals surface area contributed by atoms with Gasteiger partial charge in [0, 0.05) is 13.1 Å². The van der Waals surface area contributed by atoms with E-state index in [9.17, 15) is 0 Å². The van der Waals surface area contributed by atoms with Crippen molar-refractivity contribution >= 4 is 28.7 Å². The van der Waals surface area contributed by atoms with Gasteiger partial charge in [0.15, 0.2) is 0 Å². The molecule has 1 N–H and O–H groups in total. The SMILES string of the molecule is CC1CCCN(c2c(Cl)cccc2NN=C(C#N)C#N)C1. The van der Waals surface area contributed by atoms with Crippen molar-refractivity contribution in [1.29, 1.82) is 10.5 Å². The summed E-state index contributed by atoms with van der Waals surface area (Å²) in [6.07, 6.45) is 2.34. The van der Waals surface area contributed by atoms with E-state index in [1.165, 1.54) is 6.42 Å². The van der Waals surface area contributed by atoms with Gasteiger partial charge in [0.1, 0.15) is 12.1 Å². The lowest BCUT2D eigenvalue weighted by Crippen LogP contribution is -2.34. The molecular weight excluding hydrogens is 286 g/mol. The van der Waals surface area contributed by atoms with Crippen molar-refractivity contribution in [3.05, 3.63) is 23.2 Å². The Morgan fingerprint density at radius 3 is 2.86 bits per heavy atom. The largest absolute Gasteiger partial charge is 0.368 e. The Bertz CT molecular complexity index is 610. The maximum absolute atomic E-state index is 8.73. The number of rotatable bonds is 3. The van der Waals surface area contributed by atoms with E-state index in [2.05, 4.69) is 22.4 Å². The minimum Gasteiger partial charge on any atom is -0.368 e. The molecule has 1 aromatic rings. The number of hydrogen-bond acceptors (Lipinski definition) is 5. The quantitative estimate of drug-likeness (QED) is 0.686. The number of nitriles is 2. The summed E-state index contributed by atoms with van der Waals surface area (Å²) < 4.78 is 0. The van der Waals surface area contributed by atoms with E-state index in [1.807, 2.05) is 18.2 Å². The van der Waals surface area contributed by atoms with Crippen LogP contribution in [-0.4, -0.2) is 18.8 Å². The molecule has 21 heavy (non-hydrogen) atoms. The highest BCUT2D eigenvalue weighted by molar-refractivity contribution is 6.34. The van der Waals surface area contributed by atoms with Gasteiger partial charge in [-0.15, -0.1) is 0 Å². The fourth-order valence-corrected chi connectivity index (χ4v) is 2.80. The number of para-hydroxylation sites is 1. The van der Waals surface area contributed by atoms with Crippen LogP contribution in [0.2, 0.25) is 5.02 Å². The number of benzene rings is 1. The summed E-state index contributed by atoms with van der Waals surface area (Å²) in [5.41, 5.74) is 4.16. The Kier molecular flexibility index (Phi) is 5.03. The molecule has 0 saturated carbocycles. The molecule has 0 spiro atoms. The van der Waals surface area contributed by atoms with Gasteiger partial charge in [0.2, 0.25) is 5.71 Å². The molecule has 0 bridgehead atoms. The van der Waals surface area contributed by atoms with E-state index in [0.29, 0.717) is 16.6 Å². The first-order valence-corrected chi connectivity index (χ1v) is 7.21. The fourth-order valence-electron chi connectivity index (χ4n) is 2.51. The number of piperidine rings is 1. The van der Waals surface area contributed by atoms with Crippen LogP contribution in [0, 0.1) is 28.6 Å². The Balaban J connectivity index is 2.31. The molecule has 2 rings (SSSR count). The number of nitrogens with one attached hydrogen (secondary N) is 1. The van der Waals surface area contributed by atoms with Crippen molar-refractivity contribution in [2.24, 2.45) is 11.0 Å². The third-order valence-corrected chi connectivity index (χ3v) is 3.76. The normalized spacial score (nSPS) is 17.5. The average molecular weight is 302 g/mol. The molecule has 6 heteroatoms. The van der Waals surface area contributed by atoms with E-state index in [4.69, 9.17) is 22.1 Å². The molecule has 0 aromatic heterocycles. The van der Waals surface area contributed by atoms with Gasteiger partial charge < -0.3 is 4.90 Å². The second-order valence-corrected chi connectivity index (χ2v) is 5.53. The van der Waals surface area contributed by atoms with Crippen LogP contribution in [0.1, 0.15) is 19.8 Å². The number of hydrogen-bond donors (Lipinski definition) is 1. The predicted octanol–water partition coefficient (Wildman–Crippen LogP) is 3.39. The zero-order valence-corrected chi connectivity index (χ0v) is 12.6. The van der Waals surface area contributed by atoms with Crippen molar-refractivity contribution in [1.82, 2.24) is 0 Å².